The topological polar surface area (TPSA) is 72.1 Å². The van der Waals surface area contributed by atoms with Gasteiger partial charge in [-0.25, -0.2) is 9.97 Å². The molecule has 80 valence electrons. The third kappa shape index (κ3) is 1.87. The predicted molar refractivity (Wildman–Crippen MR) is 57.0 cm³/mol. The normalized spacial score (nSPS) is 19.9. The van der Waals surface area contributed by atoms with Crippen LogP contribution in [0, 0.1) is 0 Å². The number of hydrogen-bond acceptors (Lipinski definition) is 4. The van der Waals surface area contributed by atoms with E-state index < -0.39 is 5.91 Å². The molecule has 1 aromatic rings. The summed E-state index contributed by atoms with van der Waals surface area (Å²) in [5.74, 6) is 0.0799. The minimum absolute atomic E-state index is 0.0559. The number of nitrogens with two attached hydrogens (primary N) is 1. The van der Waals surface area contributed by atoms with Crippen LogP contribution in [0.3, 0.4) is 0 Å². The second kappa shape index (κ2) is 3.66. The van der Waals surface area contributed by atoms with Crippen molar-refractivity contribution in [3.63, 3.8) is 0 Å². The van der Waals surface area contributed by atoms with Gasteiger partial charge in [0.15, 0.2) is 0 Å². The number of hydrogen-bond donors (Lipinski definition) is 1. The van der Waals surface area contributed by atoms with Crippen LogP contribution in [-0.2, 0) is 0 Å². The molecule has 0 aromatic carbocycles. The molecule has 1 aliphatic heterocycles. The zero-order valence-electron chi connectivity index (χ0n) is 8.27. The van der Waals surface area contributed by atoms with Gasteiger partial charge in [-0.05, 0) is 24.9 Å². The van der Waals surface area contributed by atoms with E-state index in [-0.39, 0.29) is 11.0 Å². The number of nitrogens with zero attached hydrogens (tertiary/aromatic N) is 3. The van der Waals surface area contributed by atoms with Gasteiger partial charge in [0, 0.05) is 18.7 Å². The molecule has 0 radical (unpaired) electrons. The fraction of sp³-hybridized carbons (Fsp3) is 0.444. The van der Waals surface area contributed by atoms with Crippen molar-refractivity contribution in [3.8, 4) is 0 Å². The highest BCUT2D eigenvalue weighted by Crippen LogP contribution is 2.25. The van der Waals surface area contributed by atoms with E-state index in [0.29, 0.717) is 11.9 Å². The van der Waals surface area contributed by atoms with Crippen LogP contribution in [0.4, 0.5) is 5.82 Å². The lowest BCUT2D eigenvalue weighted by Crippen LogP contribution is -2.46. The lowest BCUT2D eigenvalue weighted by atomic mass is 10.1. The van der Waals surface area contributed by atoms with Crippen molar-refractivity contribution in [1.82, 2.24) is 9.97 Å². The number of halogens is 1. The summed E-state index contributed by atoms with van der Waals surface area (Å²) in [7, 11) is 0. The molecule has 2 N–H and O–H groups in total. The molecule has 1 fully saturated rings. The Kier molecular flexibility index (Phi) is 2.48. The Labute approximate surface area is 92.3 Å². The summed E-state index contributed by atoms with van der Waals surface area (Å²) in [6.45, 7) is 3.01. The van der Waals surface area contributed by atoms with E-state index >= 15 is 0 Å². The number of carbonyl (C=O) groups excluding carboxylic acids is 1. The fourth-order valence-corrected chi connectivity index (χ4v) is 1.71. The van der Waals surface area contributed by atoms with Crippen molar-refractivity contribution in [1.29, 1.82) is 0 Å². The summed E-state index contributed by atoms with van der Waals surface area (Å²) in [6, 6.07) is 2.00. The summed E-state index contributed by atoms with van der Waals surface area (Å²) in [5, 5.41) is 0.0559. The zero-order valence-corrected chi connectivity index (χ0v) is 9.03. The third-order valence-corrected chi connectivity index (χ3v) is 2.72. The lowest BCUT2D eigenvalue weighted by molar-refractivity contribution is 0.0995. The van der Waals surface area contributed by atoms with Gasteiger partial charge in [-0.1, -0.05) is 0 Å². The molecular formula is C9H11ClN4O. The van der Waals surface area contributed by atoms with Gasteiger partial charge in [0.25, 0.3) is 5.91 Å². The van der Waals surface area contributed by atoms with Crippen molar-refractivity contribution in [2.75, 3.05) is 11.4 Å². The highest BCUT2D eigenvalue weighted by Gasteiger charge is 2.25. The van der Waals surface area contributed by atoms with Gasteiger partial charge in [0.2, 0.25) is 5.28 Å². The van der Waals surface area contributed by atoms with Crippen molar-refractivity contribution < 1.29 is 4.79 Å². The molecule has 0 spiro atoms. The second-order valence-corrected chi connectivity index (χ2v) is 3.91. The molecule has 6 heteroatoms. The first-order valence-corrected chi connectivity index (χ1v) is 5.07. The van der Waals surface area contributed by atoms with Gasteiger partial charge in [-0.3, -0.25) is 4.79 Å². The molecule has 15 heavy (non-hydrogen) atoms. The van der Waals surface area contributed by atoms with E-state index in [4.69, 9.17) is 17.3 Å². The van der Waals surface area contributed by atoms with Crippen LogP contribution in [0.5, 0.6) is 0 Å². The Morgan fingerprint density at radius 3 is 2.87 bits per heavy atom. The van der Waals surface area contributed by atoms with Crippen LogP contribution < -0.4 is 10.6 Å². The maximum Gasteiger partial charge on any atom is 0.267 e. The number of anilines is 1. The van der Waals surface area contributed by atoms with Crippen LogP contribution in [0.25, 0.3) is 0 Å². The molecular weight excluding hydrogens is 216 g/mol. The monoisotopic (exact) mass is 226 g/mol. The standard InChI is InChI=1S/C9H11ClN4O/c1-5-2-3-14(5)7-4-6(8(11)15)12-9(10)13-7/h4-5H,2-3H2,1H3,(H2,11,15)/t5-/m1/s1. The number of primary amides is 1. The first kappa shape index (κ1) is 10.2. The van der Waals surface area contributed by atoms with E-state index in [9.17, 15) is 4.79 Å². The minimum Gasteiger partial charge on any atom is -0.364 e. The lowest BCUT2D eigenvalue weighted by Gasteiger charge is -2.39. The summed E-state index contributed by atoms with van der Waals surface area (Å²) in [6.07, 6.45) is 1.12. The highest BCUT2D eigenvalue weighted by atomic mass is 35.5. The summed E-state index contributed by atoms with van der Waals surface area (Å²) in [5.41, 5.74) is 5.30. The number of carbonyl (C=O) groups is 1. The number of amides is 1. The van der Waals surface area contributed by atoms with E-state index in [1.807, 2.05) is 0 Å². The van der Waals surface area contributed by atoms with Crippen molar-refractivity contribution in [2.45, 2.75) is 19.4 Å². The summed E-state index contributed by atoms with van der Waals surface area (Å²) >= 11 is 5.71. The van der Waals surface area contributed by atoms with E-state index in [0.717, 1.165) is 13.0 Å². The first-order chi connectivity index (χ1) is 7.08. The molecule has 2 heterocycles. The predicted octanol–water partition coefficient (Wildman–Crippen LogP) is 0.827. The number of aromatic nitrogens is 2. The Hall–Kier alpha value is -1.36. The van der Waals surface area contributed by atoms with Crippen molar-refractivity contribution in [2.24, 2.45) is 5.73 Å². The SMILES string of the molecule is C[C@@H]1CCN1c1cc(C(N)=O)nc(Cl)n1. The zero-order chi connectivity index (χ0) is 11.0. The van der Waals surface area contributed by atoms with Gasteiger partial charge in [0.05, 0.1) is 0 Å². The second-order valence-electron chi connectivity index (χ2n) is 3.58. The highest BCUT2D eigenvalue weighted by molar-refractivity contribution is 6.28. The average molecular weight is 227 g/mol. The minimum atomic E-state index is -0.589. The molecule has 1 aromatic heterocycles. The maximum absolute atomic E-state index is 11.0. The molecule has 0 saturated carbocycles. The Bertz CT molecular complexity index is 409. The largest absolute Gasteiger partial charge is 0.364 e. The van der Waals surface area contributed by atoms with E-state index in [1.165, 1.54) is 0 Å². The molecule has 5 nitrogen and oxygen atoms in total. The Morgan fingerprint density at radius 1 is 1.67 bits per heavy atom. The molecule has 0 unspecified atom stereocenters. The van der Waals surface area contributed by atoms with Crippen LogP contribution in [-0.4, -0.2) is 28.5 Å². The molecule has 1 atom stereocenters. The van der Waals surface area contributed by atoms with E-state index in [1.54, 1.807) is 6.07 Å². The summed E-state index contributed by atoms with van der Waals surface area (Å²) < 4.78 is 0. The quantitative estimate of drug-likeness (QED) is 0.759. The fourth-order valence-electron chi connectivity index (χ4n) is 1.54. The summed E-state index contributed by atoms with van der Waals surface area (Å²) in [4.78, 5) is 20.8. The van der Waals surface area contributed by atoms with Gasteiger partial charge in [-0.15, -0.1) is 0 Å². The molecule has 0 bridgehead atoms. The van der Waals surface area contributed by atoms with Gasteiger partial charge in [-0.2, -0.15) is 0 Å². The average Bonchev–Trinajstić information content (AvgIpc) is 2.14. The Morgan fingerprint density at radius 2 is 2.40 bits per heavy atom. The van der Waals surface area contributed by atoms with E-state index in [2.05, 4.69) is 21.8 Å². The van der Waals surface area contributed by atoms with Crippen LogP contribution >= 0.6 is 11.6 Å². The van der Waals surface area contributed by atoms with Crippen molar-refractivity contribution >= 4 is 23.3 Å². The smallest absolute Gasteiger partial charge is 0.267 e. The van der Waals surface area contributed by atoms with Crippen LogP contribution in [0.15, 0.2) is 6.07 Å². The molecule has 2 rings (SSSR count). The third-order valence-electron chi connectivity index (χ3n) is 2.55. The Balaban J connectivity index is 2.35. The molecule has 1 aliphatic rings. The van der Waals surface area contributed by atoms with Gasteiger partial charge < -0.3 is 10.6 Å². The number of rotatable bonds is 2. The van der Waals surface area contributed by atoms with Gasteiger partial charge in [0.1, 0.15) is 11.5 Å². The molecule has 1 saturated heterocycles. The van der Waals surface area contributed by atoms with Gasteiger partial charge >= 0.3 is 0 Å². The van der Waals surface area contributed by atoms with Crippen molar-refractivity contribution in [3.05, 3.63) is 17.0 Å². The van der Waals surface area contributed by atoms with Crippen LogP contribution in [0.1, 0.15) is 23.8 Å². The molecule has 1 amide bonds. The van der Waals surface area contributed by atoms with Crippen LogP contribution in [0.2, 0.25) is 5.28 Å². The first-order valence-electron chi connectivity index (χ1n) is 4.69. The maximum atomic E-state index is 11.0. The molecule has 0 aliphatic carbocycles.